The number of hydrogen-bond acceptors (Lipinski definition) is 3. The van der Waals surface area contributed by atoms with Crippen LogP contribution in [0.4, 0.5) is 0 Å². The molecule has 5 heteroatoms. The second kappa shape index (κ2) is 5.75. The Kier molecular flexibility index (Phi) is 4.27. The van der Waals surface area contributed by atoms with Gasteiger partial charge in [0.05, 0.1) is 17.5 Å². The molecule has 102 valence electrons. The fourth-order valence-corrected chi connectivity index (χ4v) is 2.27. The highest BCUT2D eigenvalue weighted by Crippen LogP contribution is 2.29. The summed E-state index contributed by atoms with van der Waals surface area (Å²) in [5.41, 5.74) is 2.74. The van der Waals surface area contributed by atoms with Gasteiger partial charge >= 0.3 is 0 Å². The van der Waals surface area contributed by atoms with Crippen LogP contribution >= 0.6 is 15.9 Å². The van der Waals surface area contributed by atoms with Gasteiger partial charge in [0.1, 0.15) is 12.4 Å². The first-order valence-corrected chi connectivity index (χ1v) is 6.86. The third-order valence-corrected chi connectivity index (χ3v) is 3.39. The normalized spacial score (nSPS) is 12.5. The molecule has 0 fully saturated rings. The predicted molar refractivity (Wildman–Crippen MR) is 77.1 cm³/mol. The van der Waals surface area contributed by atoms with Crippen LogP contribution in [0.25, 0.3) is 0 Å². The maximum Gasteiger partial charge on any atom is 0.130 e. The van der Waals surface area contributed by atoms with E-state index in [0.717, 1.165) is 21.4 Å². The summed E-state index contributed by atoms with van der Waals surface area (Å²) >= 11 is 3.41. The molecular weight excluding hydrogens is 308 g/mol. The Hall–Kier alpha value is -1.33. The Balaban J connectivity index is 2.19. The van der Waals surface area contributed by atoms with Crippen LogP contribution in [0.15, 0.2) is 28.7 Å². The number of hydrogen-bond donors (Lipinski definition) is 1. The van der Waals surface area contributed by atoms with Gasteiger partial charge in [-0.05, 0) is 32.0 Å². The van der Waals surface area contributed by atoms with E-state index in [1.165, 1.54) is 0 Å². The lowest BCUT2D eigenvalue weighted by Gasteiger charge is -2.14. The summed E-state index contributed by atoms with van der Waals surface area (Å²) in [5, 5.41) is 14.0. The van der Waals surface area contributed by atoms with E-state index in [0.29, 0.717) is 12.4 Å². The molecular formula is C14H17BrN2O2. The zero-order valence-electron chi connectivity index (χ0n) is 11.2. The summed E-state index contributed by atoms with van der Waals surface area (Å²) in [4.78, 5) is 0. The van der Waals surface area contributed by atoms with Crippen LogP contribution in [0.3, 0.4) is 0 Å². The van der Waals surface area contributed by atoms with Crippen molar-refractivity contribution in [2.75, 3.05) is 0 Å². The van der Waals surface area contributed by atoms with Gasteiger partial charge < -0.3 is 9.84 Å². The summed E-state index contributed by atoms with van der Waals surface area (Å²) in [6.45, 7) is 4.10. The van der Waals surface area contributed by atoms with Crippen molar-refractivity contribution >= 4 is 15.9 Å². The van der Waals surface area contributed by atoms with Crippen molar-refractivity contribution in [1.82, 2.24) is 9.78 Å². The van der Waals surface area contributed by atoms with Gasteiger partial charge in [0, 0.05) is 17.1 Å². The molecule has 1 heterocycles. The van der Waals surface area contributed by atoms with E-state index in [2.05, 4.69) is 21.0 Å². The molecule has 4 nitrogen and oxygen atoms in total. The molecule has 0 bridgehead atoms. The summed E-state index contributed by atoms with van der Waals surface area (Å²) in [7, 11) is 1.89. The average molecular weight is 325 g/mol. The van der Waals surface area contributed by atoms with Crippen molar-refractivity contribution in [3.8, 4) is 5.75 Å². The SMILES string of the molecule is Cc1cc(COc2cc(Br)ccc2[C@@H](C)O)n(C)n1. The minimum atomic E-state index is -0.559. The largest absolute Gasteiger partial charge is 0.487 e. The molecule has 19 heavy (non-hydrogen) atoms. The molecule has 0 radical (unpaired) electrons. The zero-order valence-corrected chi connectivity index (χ0v) is 12.8. The van der Waals surface area contributed by atoms with E-state index < -0.39 is 6.10 Å². The number of benzene rings is 1. The van der Waals surface area contributed by atoms with Gasteiger partial charge in [-0.1, -0.05) is 22.0 Å². The summed E-state index contributed by atoms with van der Waals surface area (Å²) in [5.74, 6) is 0.684. The second-order valence-electron chi connectivity index (χ2n) is 4.55. The summed E-state index contributed by atoms with van der Waals surface area (Å²) < 4.78 is 8.53. The van der Waals surface area contributed by atoms with Gasteiger partial charge in [0.25, 0.3) is 0 Å². The number of rotatable bonds is 4. The molecule has 0 unspecified atom stereocenters. The molecule has 0 saturated heterocycles. The fourth-order valence-electron chi connectivity index (χ4n) is 1.93. The number of aryl methyl sites for hydroxylation is 2. The van der Waals surface area contributed by atoms with Gasteiger partial charge in [-0.3, -0.25) is 4.68 Å². The number of aliphatic hydroxyl groups is 1. The van der Waals surface area contributed by atoms with E-state index in [1.54, 1.807) is 11.6 Å². The lowest BCUT2D eigenvalue weighted by molar-refractivity contribution is 0.189. The average Bonchev–Trinajstić information content (AvgIpc) is 2.65. The molecule has 1 aromatic carbocycles. The van der Waals surface area contributed by atoms with Crippen molar-refractivity contribution in [2.45, 2.75) is 26.6 Å². The highest BCUT2D eigenvalue weighted by molar-refractivity contribution is 9.10. The van der Waals surface area contributed by atoms with Crippen LogP contribution in [0.1, 0.15) is 30.0 Å². The fraction of sp³-hybridized carbons (Fsp3) is 0.357. The van der Waals surface area contributed by atoms with E-state index in [-0.39, 0.29) is 0 Å². The minimum Gasteiger partial charge on any atom is -0.487 e. The molecule has 0 spiro atoms. The van der Waals surface area contributed by atoms with Gasteiger partial charge in [0.15, 0.2) is 0 Å². The highest BCUT2D eigenvalue weighted by atomic mass is 79.9. The van der Waals surface area contributed by atoms with Gasteiger partial charge in [-0.25, -0.2) is 0 Å². The van der Waals surface area contributed by atoms with Crippen molar-refractivity contribution < 1.29 is 9.84 Å². The van der Waals surface area contributed by atoms with Crippen molar-refractivity contribution in [3.63, 3.8) is 0 Å². The van der Waals surface area contributed by atoms with Crippen LogP contribution in [-0.2, 0) is 13.7 Å². The van der Waals surface area contributed by atoms with Crippen LogP contribution in [0.2, 0.25) is 0 Å². The number of ether oxygens (including phenoxy) is 1. The lowest BCUT2D eigenvalue weighted by atomic mass is 10.1. The van der Waals surface area contributed by atoms with Gasteiger partial charge in [-0.2, -0.15) is 5.10 Å². The smallest absolute Gasteiger partial charge is 0.130 e. The second-order valence-corrected chi connectivity index (χ2v) is 5.46. The van der Waals surface area contributed by atoms with Crippen molar-refractivity contribution in [2.24, 2.45) is 7.05 Å². The summed E-state index contributed by atoms with van der Waals surface area (Å²) in [6, 6.07) is 7.60. The van der Waals surface area contributed by atoms with E-state index >= 15 is 0 Å². The molecule has 0 aliphatic heterocycles. The quantitative estimate of drug-likeness (QED) is 0.939. The monoisotopic (exact) mass is 324 g/mol. The van der Waals surface area contributed by atoms with Crippen molar-refractivity contribution in [1.29, 1.82) is 0 Å². The minimum absolute atomic E-state index is 0.424. The van der Waals surface area contributed by atoms with Crippen LogP contribution in [0.5, 0.6) is 5.75 Å². The Morgan fingerprint density at radius 3 is 2.74 bits per heavy atom. The molecule has 2 aromatic rings. The Bertz CT molecular complexity index is 579. The summed E-state index contributed by atoms with van der Waals surface area (Å²) in [6.07, 6.45) is -0.559. The Morgan fingerprint density at radius 2 is 2.16 bits per heavy atom. The molecule has 0 aliphatic rings. The predicted octanol–water partition coefficient (Wildman–Crippen LogP) is 3.12. The van der Waals surface area contributed by atoms with E-state index in [9.17, 15) is 5.11 Å². The molecule has 1 N–H and O–H groups in total. The Morgan fingerprint density at radius 1 is 1.42 bits per heavy atom. The number of aliphatic hydroxyl groups excluding tert-OH is 1. The molecule has 1 aromatic heterocycles. The maximum atomic E-state index is 9.74. The highest BCUT2D eigenvalue weighted by Gasteiger charge is 2.11. The maximum absolute atomic E-state index is 9.74. The molecule has 1 atom stereocenters. The number of nitrogens with zero attached hydrogens (tertiary/aromatic N) is 2. The van der Waals surface area contributed by atoms with Crippen molar-refractivity contribution in [3.05, 3.63) is 45.7 Å². The topological polar surface area (TPSA) is 47.3 Å². The Labute approximate surface area is 121 Å². The molecule has 0 aliphatic carbocycles. The van der Waals surface area contributed by atoms with Crippen LogP contribution in [-0.4, -0.2) is 14.9 Å². The molecule has 2 rings (SSSR count). The van der Waals surface area contributed by atoms with E-state index in [1.807, 2.05) is 38.2 Å². The standard InChI is InChI=1S/C14H17BrN2O2/c1-9-6-12(17(3)16-9)8-19-14-7-11(15)4-5-13(14)10(2)18/h4-7,10,18H,8H2,1-3H3/t10-/m1/s1. The van der Waals surface area contributed by atoms with Gasteiger partial charge in [-0.15, -0.1) is 0 Å². The first-order chi connectivity index (χ1) is 8.97. The lowest BCUT2D eigenvalue weighted by Crippen LogP contribution is -2.05. The third kappa shape index (κ3) is 3.36. The van der Waals surface area contributed by atoms with Gasteiger partial charge in [0.2, 0.25) is 0 Å². The van der Waals surface area contributed by atoms with Crippen LogP contribution < -0.4 is 4.74 Å². The molecule has 0 amide bonds. The van der Waals surface area contributed by atoms with Crippen LogP contribution in [0, 0.1) is 6.92 Å². The molecule has 0 saturated carbocycles. The first kappa shape index (κ1) is 14.1. The third-order valence-electron chi connectivity index (χ3n) is 2.90. The first-order valence-electron chi connectivity index (χ1n) is 6.07. The van der Waals surface area contributed by atoms with E-state index in [4.69, 9.17) is 4.74 Å². The number of halogens is 1. The zero-order chi connectivity index (χ0) is 14.0. The number of aromatic nitrogens is 2.